The molecular formula is C12H19ClN2O3. The van der Waals surface area contributed by atoms with Gasteiger partial charge in [-0.15, -0.1) is 0 Å². The van der Waals surface area contributed by atoms with Crippen molar-refractivity contribution in [2.75, 3.05) is 6.54 Å². The Morgan fingerprint density at radius 2 is 2.22 bits per heavy atom. The number of halogens is 1. The van der Waals surface area contributed by atoms with Crippen LogP contribution in [-0.4, -0.2) is 24.3 Å². The molecule has 1 unspecified atom stereocenters. The molecule has 6 heteroatoms. The summed E-state index contributed by atoms with van der Waals surface area (Å²) in [4.78, 5) is 11.6. The van der Waals surface area contributed by atoms with Gasteiger partial charge in [0.2, 0.25) is 0 Å². The normalized spacial score (nSPS) is 13.2. The zero-order valence-corrected chi connectivity index (χ0v) is 11.6. The van der Waals surface area contributed by atoms with Crippen molar-refractivity contribution in [2.24, 2.45) is 5.73 Å². The maximum Gasteiger partial charge on any atom is 0.407 e. The van der Waals surface area contributed by atoms with Crippen LogP contribution >= 0.6 is 11.6 Å². The smallest absolute Gasteiger partial charge is 0.407 e. The number of amides is 1. The first-order valence-corrected chi connectivity index (χ1v) is 6.12. The number of carbonyl (C=O) groups is 1. The Bertz CT molecular complexity index is 398. The van der Waals surface area contributed by atoms with Crippen molar-refractivity contribution >= 4 is 17.7 Å². The largest absolute Gasteiger partial charge is 0.450 e. The molecule has 1 aromatic heterocycles. The summed E-state index contributed by atoms with van der Waals surface area (Å²) >= 11 is 5.67. The molecule has 0 bridgehead atoms. The maximum absolute atomic E-state index is 11.6. The predicted molar refractivity (Wildman–Crippen MR) is 69.6 cm³/mol. The molecule has 3 N–H and O–H groups in total. The number of furan rings is 1. The molecule has 0 saturated heterocycles. The van der Waals surface area contributed by atoms with E-state index in [0.29, 0.717) is 17.4 Å². The molecular weight excluding hydrogens is 256 g/mol. The highest BCUT2D eigenvalue weighted by molar-refractivity contribution is 6.28. The lowest BCUT2D eigenvalue weighted by Gasteiger charge is -2.22. The molecule has 1 rings (SSSR count). The number of nitrogens with one attached hydrogen (secondary N) is 1. The van der Waals surface area contributed by atoms with Crippen LogP contribution in [0.15, 0.2) is 16.5 Å². The van der Waals surface area contributed by atoms with Crippen molar-refractivity contribution in [2.45, 2.75) is 38.8 Å². The Morgan fingerprint density at radius 1 is 1.56 bits per heavy atom. The van der Waals surface area contributed by atoms with Gasteiger partial charge in [0.25, 0.3) is 0 Å². The van der Waals surface area contributed by atoms with E-state index in [4.69, 9.17) is 26.5 Å². The van der Waals surface area contributed by atoms with Crippen molar-refractivity contribution in [1.82, 2.24) is 5.32 Å². The summed E-state index contributed by atoms with van der Waals surface area (Å²) in [6, 6.07) is 3.15. The Labute approximate surface area is 112 Å². The molecule has 0 spiro atoms. The number of hydrogen-bond acceptors (Lipinski definition) is 4. The highest BCUT2D eigenvalue weighted by Gasteiger charge is 2.19. The number of rotatable bonds is 4. The monoisotopic (exact) mass is 274 g/mol. The van der Waals surface area contributed by atoms with E-state index in [1.807, 2.05) is 0 Å². The molecule has 0 saturated carbocycles. The van der Waals surface area contributed by atoms with Gasteiger partial charge in [-0.05, 0) is 44.5 Å². The Hall–Kier alpha value is -1.20. The Kier molecular flexibility index (Phi) is 5.04. The summed E-state index contributed by atoms with van der Waals surface area (Å²) in [5.41, 5.74) is 5.06. The van der Waals surface area contributed by atoms with Gasteiger partial charge in [0.15, 0.2) is 5.22 Å². The molecule has 1 atom stereocenters. The van der Waals surface area contributed by atoms with E-state index in [1.54, 1.807) is 32.9 Å². The van der Waals surface area contributed by atoms with Crippen LogP contribution in [0.2, 0.25) is 5.22 Å². The zero-order chi connectivity index (χ0) is 13.8. The van der Waals surface area contributed by atoms with Gasteiger partial charge >= 0.3 is 6.09 Å². The molecule has 0 radical (unpaired) electrons. The first kappa shape index (κ1) is 14.9. The molecule has 0 fully saturated rings. The van der Waals surface area contributed by atoms with Crippen molar-refractivity contribution in [3.63, 3.8) is 0 Å². The third-order valence-electron chi connectivity index (χ3n) is 2.08. The minimum Gasteiger partial charge on any atom is -0.450 e. The molecule has 1 heterocycles. The molecule has 5 nitrogen and oxygen atoms in total. The van der Waals surface area contributed by atoms with Crippen LogP contribution in [0.4, 0.5) is 4.79 Å². The third-order valence-corrected chi connectivity index (χ3v) is 2.28. The molecule has 0 aromatic carbocycles. The van der Waals surface area contributed by atoms with Gasteiger partial charge in [0.05, 0.1) is 6.04 Å². The third kappa shape index (κ3) is 5.42. The first-order valence-electron chi connectivity index (χ1n) is 5.74. The van der Waals surface area contributed by atoms with Gasteiger partial charge in [0, 0.05) is 13.0 Å². The highest BCUT2D eigenvalue weighted by atomic mass is 35.5. The van der Waals surface area contributed by atoms with Crippen molar-refractivity contribution in [1.29, 1.82) is 0 Å². The quantitative estimate of drug-likeness (QED) is 0.883. The van der Waals surface area contributed by atoms with Gasteiger partial charge in [-0.25, -0.2) is 4.79 Å². The molecule has 18 heavy (non-hydrogen) atoms. The Balaban J connectivity index is 2.49. The molecule has 0 aliphatic carbocycles. The summed E-state index contributed by atoms with van der Waals surface area (Å²) < 4.78 is 10.4. The second kappa shape index (κ2) is 6.11. The minimum absolute atomic E-state index is 0.248. The lowest BCUT2D eigenvalue weighted by Crippen LogP contribution is -2.44. The second-order valence-electron chi connectivity index (χ2n) is 4.99. The van der Waals surface area contributed by atoms with E-state index in [0.717, 1.165) is 0 Å². The average Bonchev–Trinajstić information content (AvgIpc) is 2.60. The predicted octanol–water partition coefficient (Wildman–Crippen LogP) is 2.33. The van der Waals surface area contributed by atoms with E-state index < -0.39 is 11.7 Å². The van der Waals surface area contributed by atoms with Crippen LogP contribution in [0.5, 0.6) is 0 Å². The van der Waals surface area contributed by atoms with Gasteiger partial charge in [-0.2, -0.15) is 0 Å². The summed E-state index contributed by atoms with van der Waals surface area (Å²) in [7, 11) is 0. The minimum atomic E-state index is -0.531. The summed E-state index contributed by atoms with van der Waals surface area (Å²) in [5, 5.41) is 3.01. The van der Waals surface area contributed by atoms with Crippen LogP contribution in [0.25, 0.3) is 0 Å². The van der Waals surface area contributed by atoms with Crippen LogP contribution < -0.4 is 11.1 Å². The molecule has 1 amide bonds. The first-order chi connectivity index (χ1) is 8.30. The van der Waals surface area contributed by atoms with Gasteiger partial charge in [-0.3, -0.25) is 0 Å². The fourth-order valence-corrected chi connectivity index (χ4v) is 1.53. The van der Waals surface area contributed by atoms with E-state index in [-0.39, 0.29) is 12.6 Å². The van der Waals surface area contributed by atoms with Crippen molar-refractivity contribution in [3.8, 4) is 0 Å². The lowest BCUT2D eigenvalue weighted by atomic mass is 10.1. The molecule has 0 aliphatic heterocycles. The fourth-order valence-electron chi connectivity index (χ4n) is 1.37. The highest BCUT2D eigenvalue weighted by Crippen LogP contribution is 2.14. The van der Waals surface area contributed by atoms with Crippen LogP contribution in [-0.2, 0) is 11.2 Å². The van der Waals surface area contributed by atoms with E-state index in [1.165, 1.54) is 0 Å². The van der Waals surface area contributed by atoms with Crippen molar-refractivity contribution in [3.05, 3.63) is 23.1 Å². The number of alkyl carbamates (subject to hydrolysis) is 1. The van der Waals surface area contributed by atoms with Gasteiger partial charge < -0.3 is 20.2 Å². The molecule has 0 aliphatic rings. The maximum atomic E-state index is 11.6. The van der Waals surface area contributed by atoms with Gasteiger partial charge in [0.1, 0.15) is 11.4 Å². The summed E-state index contributed by atoms with van der Waals surface area (Å²) in [6.45, 7) is 5.70. The molecule has 1 aromatic rings. The fraction of sp³-hybridized carbons (Fsp3) is 0.583. The number of carbonyl (C=O) groups excluding carboxylic acids is 1. The zero-order valence-electron chi connectivity index (χ0n) is 10.8. The number of ether oxygens (including phenoxy) is 1. The van der Waals surface area contributed by atoms with E-state index in [2.05, 4.69) is 5.32 Å². The standard InChI is InChI=1S/C12H19ClN2O3/c1-12(2,3)18-11(16)15-8(7-14)6-9-4-5-10(13)17-9/h4-5,8H,6-7,14H2,1-3H3,(H,15,16). The summed E-state index contributed by atoms with van der Waals surface area (Å²) in [6.07, 6.45) is -0.0155. The van der Waals surface area contributed by atoms with Crippen molar-refractivity contribution < 1.29 is 13.9 Å². The average molecular weight is 275 g/mol. The van der Waals surface area contributed by atoms with Crippen LogP contribution in [0, 0.1) is 0 Å². The van der Waals surface area contributed by atoms with E-state index >= 15 is 0 Å². The Morgan fingerprint density at radius 3 is 2.67 bits per heavy atom. The van der Waals surface area contributed by atoms with E-state index in [9.17, 15) is 4.79 Å². The second-order valence-corrected chi connectivity index (χ2v) is 5.36. The lowest BCUT2D eigenvalue weighted by molar-refractivity contribution is 0.0505. The van der Waals surface area contributed by atoms with Crippen LogP contribution in [0.3, 0.4) is 0 Å². The van der Waals surface area contributed by atoms with Gasteiger partial charge in [-0.1, -0.05) is 0 Å². The molecule has 102 valence electrons. The SMILES string of the molecule is CC(C)(C)OC(=O)NC(CN)Cc1ccc(Cl)o1. The van der Waals surface area contributed by atoms with Crippen LogP contribution in [0.1, 0.15) is 26.5 Å². The topological polar surface area (TPSA) is 77.5 Å². The number of hydrogen-bond donors (Lipinski definition) is 2. The summed E-state index contributed by atoms with van der Waals surface area (Å²) in [5.74, 6) is 0.673. The number of nitrogens with two attached hydrogens (primary N) is 1.